The predicted octanol–water partition coefficient (Wildman–Crippen LogP) is 3.99. The third kappa shape index (κ3) is 8.25. The molecule has 2 amide bonds. The smallest absolute Gasteiger partial charge is 0.326 e. The summed E-state index contributed by atoms with van der Waals surface area (Å²) in [4.78, 5) is 48.1. The van der Waals surface area contributed by atoms with Crippen molar-refractivity contribution in [1.29, 1.82) is 0 Å². The molecule has 3 N–H and O–H groups in total. The second-order valence-corrected chi connectivity index (χ2v) is 9.82. The molecule has 186 valence electrons. The van der Waals surface area contributed by atoms with Gasteiger partial charge >= 0.3 is 5.97 Å². The largest absolute Gasteiger partial charge is 0.480 e. The quantitative estimate of drug-likeness (QED) is 0.255. The highest BCUT2D eigenvalue weighted by molar-refractivity contribution is 7.98. The lowest BCUT2D eigenvalue weighted by molar-refractivity contribution is -0.384. The molecule has 0 aliphatic carbocycles. The summed E-state index contributed by atoms with van der Waals surface area (Å²) < 4.78 is 0. The summed E-state index contributed by atoms with van der Waals surface area (Å²) in [6.07, 6.45) is 3.28. The third-order valence-electron chi connectivity index (χ3n) is 5.11. The topological polar surface area (TPSA) is 139 Å². The molecule has 0 radical (unpaired) electrons. The van der Waals surface area contributed by atoms with Crippen LogP contribution >= 0.6 is 11.8 Å². The highest BCUT2D eigenvalue weighted by Crippen LogP contribution is 2.22. The van der Waals surface area contributed by atoms with Gasteiger partial charge in [0.15, 0.2) is 0 Å². The molecule has 0 unspecified atom stereocenters. The molecule has 35 heavy (non-hydrogen) atoms. The third-order valence-corrected chi connectivity index (χ3v) is 5.76. The summed E-state index contributed by atoms with van der Waals surface area (Å²) in [7, 11) is 0. The molecular weight excluding hydrogens is 470 g/mol. The minimum absolute atomic E-state index is 0.107. The summed E-state index contributed by atoms with van der Waals surface area (Å²) >= 11 is 1.44. The Morgan fingerprint density at radius 1 is 1.14 bits per heavy atom. The number of carbonyl (C=O) groups is 3. The van der Waals surface area contributed by atoms with Gasteiger partial charge in [0, 0.05) is 17.7 Å². The highest BCUT2D eigenvalue weighted by Gasteiger charge is 2.23. The first kappa shape index (κ1) is 27.6. The van der Waals surface area contributed by atoms with Crippen LogP contribution in [0.2, 0.25) is 0 Å². The molecule has 2 aromatic carbocycles. The van der Waals surface area contributed by atoms with Crippen molar-refractivity contribution in [3.8, 4) is 0 Å². The van der Waals surface area contributed by atoms with E-state index in [1.807, 2.05) is 39.2 Å². The number of hydrogen-bond acceptors (Lipinski definition) is 6. The zero-order valence-electron chi connectivity index (χ0n) is 20.0. The van der Waals surface area contributed by atoms with Gasteiger partial charge in [0.05, 0.1) is 4.92 Å². The molecule has 0 heterocycles. The van der Waals surface area contributed by atoms with Gasteiger partial charge in [-0.3, -0.25) is 19.7 Å². The molecule has 0 fully saturated rings. The van der Waals surface area contributed by atoms with Crippen LogP contribution in [0.15, 0.2) is 54.2 Å². The van der Waals surface area contributed by atoms with Gasteiger partial charge in [0.25, 0.3) is 17.5 Å². The van der Waals surface area contributed by atoms with E-state index in [4.69, 9.17) is 0 Å². The lowest BCUT2D eigenvalue weighted by Crippen LogP contribution is -2.44. The van der Waals surface area contributed by atoms with Crippen LogP contribution in [0.4, 0.5) is 5.69 Å². The predicted molar refractivity (Wildman–Crippen MR) is 136 cm³/mol. The van der Waals surface area contributed by atoms with Crippen molar-refractivity contribution in [1.82, 2.24) is 10.6 Å². The molecule has 0 aromatic heterocycles. The second-order valence-electron chi connectivity index (χ2n) is 8.84. The van der Waals surface area contributed by atoms with E-state index < -0.39 is 28.7 Å². The number of amides is 2. The van der Waals surface area contributed by atoms with Crippen molar-refractivity contribution < 1.29 is 24.4 Å². The average molecular weight is 500 g/mol. The van der Waals surface area contributed by atoms with Gasteiger partial charge < -0.3 is 15.7 Å². The van der Waals surface area contributed by atoms with Crippen LogP contribution in [0.5, 0.6) is 0 Å². The van der Waals surface area contributed by atoms with Crippen molar-refractivity contribution in [3.05, 3.63) is 81.0 Å². The molecule has 10 heteroatoms. The van der Waals surface area contributed by atoms with E-state index >= 15 is 0 Å². The van der Waals surface area contributed by atoms with Crippen LogP contribution in [-0.2, 0) is 15.0 Å². The molecule has 9 nitrogen and oxygen atoms in total. The fourth-order valence-electron chi connectivity index (χ4n) is 3.10. The summed E-state index contributed by atoms with van der Waals surface area (Å²) in [5.41, 5.74) is 1.09. The minimum atomic E-state index is -1.20. The van der Waals surface area contributed by atoms with E-state index in [9.17, 15) is 29.6 Å². The highest BCUT2D eigenvalue weighted by atomic mass is 32.2. The Kier molecular flexibility index (Phi) is 9.59. The zero-order valence-corrected chi connectivity index (χ0v) is 20.8. The number of thioether (sulfide) groups is 1. The first-order valence-electron chi connectivity index (χ1n) is 10.8. The molecule has 2 rings (SSSR count). The fourth-order valence-corrected chi connectivity index (χ4v) is 3.57. The molecule has 0 saturated carbocycles. The molecule has 0 spiro atoms. The zero-order chi connectivity index (χ0) is 26.2. The number of aliphatic carboxylic acids is 1. The Morgan fingerprint density at radius 3 is 2.34 bits per heavy atom. The summed E-state index contributed by atoms with van der Waals surface area (Å²) in [5, 5.41) is 25.5. The molecule has 1 atom stereocenters. The lowest BCUT2D eigenvalue weighted by atomic mass is 9.87. The number of carboxylic acids is 1. The number of non-ortho nitro benzene ring substituents is 1. The van der Waals surface area contributed by atoms with E-state index in [0.29, 0.717) is 16.9 Å². The monoisotopic (exact) mass is 499 g/mol. The molecule has 0 bridgehead atoms. The van der Waals surface area contributed by atoms with Gasteiger partial charge in [-0.1, -0.05) is 45.0 Å². The number of nitro groups is 1. The number of carboxylic acid groups (broad SMARTS) is 1. The summed E-state index contributed by atoms with van der Waals surface area (Å²) in [6, 6.07) is 11.3. The maximum atomic E-state index is 13.0. The Balaban J connectivity index is 2.38. The number of rotatable bonds is 10. The van der Waals surface area contributed by atoms with Crippen LogP contribution in [0.1, 0.15) is 48.7 Å². The van der Waals surface area contributed by atoms with E-state index in [1.165, 1.54) is 42.1 Å². The minimum Gasteiger partial charge on any atom is -0.480 e. The Bertz CT molecular complexity index is 1120. The fraction of sp³-hybridized carbons (Fsp3) is 0.320. The van der Waals surface area contributed by atoms with E-state index in [2.05, 4.69) is 10.6 Å². The van der Waals surface area contributed by atoms with E-state index in [-0.39, 0.29) is 23.2 Å². The van der Waals surface area contributed by atoms with Gasteiger partial charge in [-0.25, -0.2) is 4.79 Å². The normalized spacial score (nSPS) is 12.5. The number of benzene rings is 2. The van der Waals surface area contributed by atoms with Crippen LogP contribution < -0.4 is 10.6 Å². The van der Waals surface area contributed by atoms with Crippen molar-refractivity contribution in [3.63, 3.8) is 0 Å². The van der Waals surface area contributed by atoms with Crippen LogP contribution in [0.25, 0.3) is 6.08 Å². The second kappa shape index (κ2) is 12.2. The number of hydrogen-bond donors (Lipinski definition) is 3. The van der Waals surface area contributed by atoms with Crippen LogP contribution in [0.3, 0.4) is 0 Å². The molecule has 2 aromatic rings. The van der Waals surface area contributed by atoms with Crippen molar-refractivity contribution in [2.24, 2.45) is 0 Å². The van der Waals surface area contributed by atoms with Gasteiger partial charge in [-0.05, 0) is 53.2 Å². The molecule has 0 aliphatic rings. The SMILES string of the molecule is CSCC[C@@H](NC(=O)/C(=C/c1cccc([N+](=O)[O-])c1)NC(=O)c1ccc(C(C)(C)C)cc1)C(=O)O. The van der Waals surface area contributed by atoms with Crippen molar-refractivity contribution >= 4 is 41.3 Å². The summed E-state index contributed by atoms with van der Waals surface area (Å²) in [6.45, 7) is 6.13. The van der Waals surface area contributed by atoms with Crippen LogP contribution in [0, 0.1) is 10.1 Å². The first-order valence-corrected chi connectivity index (χ1v) is 12.2. The Hall–Kier alpha value is -3.66. The Morgan fingerprint density at radius 2 is 1.80 bits per heavy atom. The molecule has 0 saturated heterocycles. The van der Waals surface area contributed by atoms with Crippen molar-refractivity contribution in [2.45, 2.75) is 38.6 Å². The van der Waals surface area contributed by atoms with Crippen molar-refractivity contribution in [2.75, 3.05) is 12.0 Å². The maximum Gasteiger partial charge on any atom is 0.326 e. The first-order chi connectivity index (χ1) is 16.4. The maximum absolute atomic E-state index is 13.0. The van der Waals surface area contributed by atoms with Crippen LogP contribution in [-0.4, -0.2) is 45.9 Å². The summed E-state index contributed by atoms with van der Waals surface area (Å²) in [5.74, 6) is -2.09. The molecular formula is C25H29N3O6S. The number of nitro benzene ring substituents is 1. The van der Waals surface area contributed by atoms with Gasteiger partial charge in [-0.2, -0.15) is 11.8 Å². The average Bonchev–Trinajstić information content (AvgIpc) is 2.80. The van der Waals surface area contributed by atoms with E-state index in [1.54, 1.807) is 12.1 Å². The lowest BCUT2D eigenvalue weighted by Gasteiger charge is -2.19. The van der Waals surface area contributed by atoms with Gasteiger partial charge in [0.1, 0.15) is 11.7 Å². The number of nitrogens with zero attached hydrogens (tertiary/aromatic N) is 1. The standard InChI is InChI=1S/C25H29N3O6S/c1-25(2,3)18-10-8-17(9-11-18)22(29)27-21(15-16-6-5-7-19(14-16)28(33)34)23(30)26-20(24(31)32)12-13-35-4/h5-11,14-15,20H,12-13H2,1-4H3,(H,26,30)(H,27,29)(H,31,32)/b21-15-/t20-/m1/s1. The molecule has 0 aliphatic heterocycles. The Labute approximate surface area is 208 Å². The number of nitrogens with one attached hydrogen (secondary N) is 2. The van der Waals surface area contributed by atoms with Gasteiger partial charge in [-0.15, -0.1) is 0 Å². The van der Waals surface area contributed by atoms with Gasteiger partial charge in [0.2, 0.25) is 0 Å². The van der Waals surface area contributed by atoms with E-state index in [0.717, 1.165) is 5.56 Å². The number of carbonyl (C=O) groups excluding carboxylic acids is 2.